The molecule has 0 aromatic heterocycles. The topological polar surface area (TPSA) is 32.3 Å². The molecule has 0 aromatic rings. The normalized spacial score (nSPS) is 21.8. The van der Waals surface area contributed by atoms with Crippen LogP contribution in [0, 0.1) is 0 Å². The highest BCUT2D eigenvalue weighted by Crippen LogP contribution is 2.09. The van der Waals surface area contributed by atoms with Gasteiger partial charge < -0.3 is 0 Å². The molecule has 0 unspecified atom stereocenters. The van der Waals surface area contributed by atoms with Crippen molar-refractivity contribution in [1.29, 1.82) is 0 Å². The summed E-state index contributed by atoms with van der Waals surface area (Å²) in [5.74, 6) is 1.10. The van der Waals surface area contributed by atoms with Gasteiger partial charge in [0.15, 0.2) is 0 Å². The van der Waals surface area contributed by atoms with Gasteiger partial charge in [-0.15, -0.1) is 0 Å². The molecular weight excluding hydrogens is 172 g/mol. The molecule has 0 aromatic carbocycles. The van der Waals surface area contributed by atoms with Gasteiger partial charge in [0.25, 0.3) is 0 Å². The standard InChI is InChI=1S/C8H16N2OS/c11-8-10-6-4-2-1-3-5-7-12-9-10/h8-9H,1-7H2. The Balaban J connectivity index is 2.21. The summed E-state index contributed by atoms with van der Waals surface area (Å²) in [5.41, 5.74) is 0. The van der Waals surface area contributed by atoms with E-state index >= 15 is 0 Å². The van der Waals surface area contributed by atoms with Gasteiger partial charge in [-0.3, -0.25) is 9.80 Å². The summed E-state index contributed by atoms with van der Waals surface area (Å²) in [7, 11) is 0. The number of hydrogen-bond donors (Lipinski definition) is 1. The van der Waals surface area contributed by atoms with E-state index in [9.17, 15) is 4.79 Å². The molecule has 4 heteroatoms. The molecule has 1 aliphatic heterocycles. The maximum atomic E-state index is 10.5. The third kappa shape index (κ3) is 3.97. The van der Waals surface area contributed by atoms with E-state index in [4.69, 9.17) is 0 Å². The summed E-state index contributed by atoms with van der Waals surface area (Å²) < 4.78 is 0. The number of nitrogens with zero attached hydrogens (tertiary/aromatic N) is 1. The summed E-state index contributed by atoms with van der Waals surface area (Å²) >= 11 is 1.63. The predicted octanol–water partition coefficient (Wildman–Crippen LogP) is 1.56. The van der Waals surface area contributed by atoms with Crippen LogP contribution in [0.5, 0.6) is 0 Å². The molecule has 0 saturated carbocycles. The summed E-state index contributed by atoms with van der Waals surface area (Å²) in [5, 5.41) is 1.63. The fourth-order valence-electron chi connectivity index (χ4n) is 1.24. The second-order valence-corrected chi connectivity index (χ2v) is 3.89. The molecule has 0 radical (unpaired) electrons. The van der Waals surface area contributed by atoms with Gasteiger partial charge in [-0.1, -0.05) is 31.2 Å². The molecule has 1 heterocycles. The zero-order chi connectivity index (χ0) is 8.65. The average Bonchev–Trinajstić information content (AvgIpc) is 2.14. The van der Waals surface area contributed by atoms with Crippen LogP contribution in [0.15, 0.2) is 0 Å². The molecule has 1 aliphatic rings. The van der Waals surface area contributed by atoms with Crippen molar-refractivity contribution in [3.05, 3.63) is 0 Å². The summed E-state index contributed by atoms with van der Waals surface area (Å²) in [6.45, 7) is 0.844. The minimum Gasteiger partial charge on any atom is -0.277 e. The van der Waals surface area contributed by atoms with Crippen molar-refractivity contribution in [2.75, 3.05) is 12.3 Å². The van der Waals surface area contributed by atoms with Crippen molar-refractivity contribution in [3.63, 3.8) is 0 Å². The van der Waals surface area contributed by atoms with E-state index in [1.165, 1.54) is 25.7 Å². The summed E-state index contributed by atoms with van der Waals surface area (Å²) in [6, 6.07) is 0. The Morgan fingerprint density at radius 3 is 2.75 bits per heavy atom. The van der Waals surface area contributed by atoms with E-state index < -0.39 is 0 Å². The molecule has 0 aliphatic carbocycles. The SMILES string of the molecule is O=CN1CCCCCCCSN1. The lowest BCUT2D eigenvalue weighted by Crippen LogP contribution is -2.33. The first-order chi connectivity index (χ1) is 5.93. The van der Waals surface area contributed by atoms with Gasteiger partial charge in [0.1, 0.15) is 0 Å². The lowest BCUT2D eigenvalue weighted by atomic mass is 10.1. The van der Waals surface area contributed by atoms with Crippen LogP contribution >= 0.6 is 11.9 Å². The van der Waals surface area contributed by atoms with Crippen molar-refractivity contribution < 1.29 is 4.79 Å². The second kappa shape index (κ2) is 6.31. The summed E-state index contributed by atoms with van der Waals surface area (Å²) in [6.07, 6.45) is 7.13. The van der Waals surface area contributed by atoms with Crippen molar-refractivity contribution in [2.24, 2.45) is 0 Å². The molecule has 12 heavy (non-hydrogen) atoms. The number of carbonyl (C=O) groups excluding carboxylic acids is 1. The minimum absolute atomic E-state index is 0.844. The van der Waals surface area contributed by atoms with Crippen molar-refractivity contribution >= 4 is 18.4 Å². The van der Waals surface area contributed by atoms with E-state index in [1.54, 1.807) is 17.0 Å². The van der Waals surface area contributed by atoms with Gasteiger partial charge >= 0.3 is 0 Å². The third-order valence-corrected chi connectivity index (χ3v) is 2.81. The lowest BCUT2D eigenvalue weighted by Gasteiger charge is -2.18. The minimum atomic E-state index is 0.844. The molecule has 1 fully saturated rings. The maximum Gasteiger partial charge on any atom is 0.224 e. The van der Waals surface area contributed by atoms with Gasteiger partial charge in [-0.25, -0.2) is 0 Å². The monoisotopic (exact) mass is 188 g/mol. The van der Waals surface area contributed by atoms with Crippen LogP contribution in [0.4, 0.5) is 0 Å². The van der Waals surface area contributed by atoms with E-state index in [0.717, 1.165) is 25.1 Å². The highest BCUT2D eigenvalue weighted by atomic mass is 32.2. The van der Waals surface area contributed by atoms with Crippen molar-refractivity contribution in [3.8, 4) is 0 Å². The Morgan fingerprint density at radius 2 is 1.92 bits per heavy atom. The van der Waals surface area contributed by atoms with Crippen molar-refractivity contribution in [2.45, 2.75) is 32.1 Å². The Labute approximate surface area is 78.0 Å². The Kier molecular flexibility index (Phi) is 5.19. The van der Waals surface area contributed by atoms with Crippen LogP contribution in [0.1, 0.15) is 32.1 Å². The van der Waals surface area contributed by atoms with Gasteiger partial charge in [-0.2, -0.15) is 4.83 Å². The molecule has 1 rings (SSSR count). The molecule has 0 atom stereocenters. The number of hydrogen-bond acceptors (Lipinski definition) is 3. The number of hydrazine groups is 1. The molecular formula is C8H16N2OS. The number of nitrogens with one attached hydrogen (secondary N) is 1. The van der Waals surface area contributed by atoms with Gasteiger partial charge in [0.2, 0.25) is 6.41 Å². The summed E-state index contributed by atoms with van der Waals surface area (Å²) in [4.78, 5) is 13.5. The smallest absolute Gasteiger partial charge is 0.224 e. The zero-order valence-corrected chi connectivity index (χ0v) is 8.11. The van der Waals surface area contributed by atoms with E-state index in [-0.39, 0.29) is 0 Å². The average molecular weight is 188 g/mol. The second-order valence-electron chi connectivity index (χ2n) is 3.01. The molecule has 0 spiro atoms. The van der Waals surface area contributed by atoms with Crippen molar-refractivity contribution in [1.82, 2.24) is 9.84 Å². The van der Waals surface area contributed by atoms with E-state index in [1.807, 2.05) is 0 Å². The van der Waals surface area contributed by atoms with E-state index in [2.05, 4.69) is 4.83 Å². The van der Waals surface area contributed by atoms with Crippen LogP contribution in [-0.2, 0) is 4.79 Å². The van der Waals surface area contributed by atoms with Crippen LogP contribution in [0.2, 0.25) is 0 Å². The highest BCUT2D eigenvalue weighted by molar-refractivity contribution is 7.97. The van der Waals surface area contributed by atoms with E-state index in [0.29, 0.717) is 0 Å². The first-order valence-corrected chi connectivity index (χ1v) is 5.51. The molecule has 0 bridgehead atoms. The first kappa shape index (κ1) is 9.86. The third-order valence-electron chi connectivity index (χ3n) is 1.95. The van der Waals surface area contributed by atoms with Gasteiger partial charge in [-0.05, 0) is 12.8 Å². The van der Waals surface area contributed by atoms with Gasteiger partial charge in [0.05, 0.1) is 0 Å². The highest BCUT2D eigenvalue weighted by Gasteiger charge is 2.02. The molecule has 1 amide bonds. The fraction of sp³-hybridized carbons (Fsp3) is 0.875. The van der Waals surface area contributed by atoms with Crippen LogP contribution < -0.4 is 4.83 Å². The quantitative estimate of drug-likeness (QED) is 0.500. The number of rotatable bonds is 1. The molecule has 70 valence electrons. The molecule has 1 N–H and O–H groups in total. The Morgan fingerprint density at radius 1 is 1.17 bits per heavy atom. The maximum absolute atomic E-state index is 10.5. The Bertz CT molecular complexity index is 122. The lowest BCUT2D eigenvalue weighted by molar-refractivity contribution is -0.119. The Hall–Kier alpha value is -0.220. The van der Waals surface area contributed by atoms with Crippen LogP contribution in [0.25, 0.3) is 0 Å². The van der Waals surface area contributed by atoms with Crippen LogP contribution in [-0.4, -0.2) is 23.7 Å². The van der Waals surface area contributed by atoms with Crippen LogP contribution in [0.3, 0.4) is 0 Å². The predicted molar refractivity (Wildman–Crippen MR) is 51.4 cm³/mol. The van der Waals surface area contributed by atoms with Gasteiger partial charge in [0, 0.05) is 12.3 Å². The number of carbonyl (C=O) groups is 1. The molecule has 3 nitrogen and oxygen atoms in total. The first-order valence-electron chi connectivity index (χ1n) is 4.53. The number of amides is 1. The fourth-order valence-corrected chi connectivity index (χ4v) is 1.98. The zero-order valence-electron chi connectivity index (χ0n) is 7.29. The largest absolute Gasteiger partial charge is 0.277 e. The molecule has 1 saturated heterocycles.